The monoisotopic (exact) mass is 180 g/mol. The molecule has 0 aliphatic rings. The van der Waals surface area contributed by atoms with E-state index >= 15 is 0 Å². The van der Waals surface area contributed by atoms with E-state index in [0.29, 0.717) is 0 Å². The van der Waals surface area contributed by atoms with Gasteiger partial charge in [0, 0.05) is 0 Å². The lowest BCUT2D eigenvalue weighted by molar-refractivity contribution is 0.176. The van der Waals surface area contributed by atoms with Crippen LogP contribution in [0.4, 0.5) is 14.7 Å². The fourth-order valence-corrected chi connectivity index (χ4v) is 1.01. The Morgan fingerprint density at radius 3 is 2.82 bits per heavy atom. The molecule has 1 aromatic heterocycles. The summed E-state index contributed by atoms with van der Waals surface area (Å²) in [4.78, 5) is 3.62. The van der Waals surface area contributed by atoms with E-state index in [0.717, 1.165) is 11.8 Å². The molecule has 0 unspecified atom stereocenters. The summed E-state index contributed by atoms with van der Waals surface area (Å²) in [6.07, 6.45) is -2.35. The number of nitrogens with two attached hydrogens (primary N) is 1. The minimum Gasteiger partial charge on any atom is -0.368 e. The van der Waals surface area contributed by atoms with E-state index in [9.17, 15) is 8.78 Å². The number of anilines is 1. The Morgan fingerprint density at radius 2 is 2.36 bits per heavy atom. The molecule has 1 aromatic rings. The third-order valence-corrected chi connectivity index (χ3v) is 1.68. The van der Waals surface area contributed by atoms with Crippen LogP contribution in [0.15, 0.2) is 5.16 Å². The number of aromatic nitrogens is 3. The number of nitrogens with one attached hydrogen (secondary N) is 1. The molecule has 0 radical (unpaired) electrons. The first-order valence-electron chi connectivity index (χ1n) is 2.77. The standard InChI is InChI=1S/C4H6F2N4S/c5-2(6)1-11-4-8-3(7)9-10-4/h2H,1H2,(H3,7,8,9,10). The van der Waals surface area contributed by atoms with Gasteiger partial charge in [-0.15, -0.1) is 5.10 Å². The SMILES string of the molecule is Nc1nc(SCC(F)F)n[nH]1. The Bertz CT molecular complexity index is 226. The quantitative estimate of drug-likeness (QED) is 0.673. The number of nitrogen functional groups attached to an aromatic ring is 1. The molecule has 0 atom stereocenters. The van der Waals surface area contributed by atoms with Crippen LogP contribution in [0.5, 0.6) is 0 Å². The second-order valence-corrected chi connectivity index (χ2v) is 2.69. The zero-order valence-electron chi connectivity index (χ0n) is 5.42. The molecule has 0 aromatic carbocycles. The van der Waals surface area contributed by atoms with E-state index < -0.39 is 6.43 Å². The predicted octanol–water partition coefficient (Wildman–Crippen LogP) is 0.744. The molecule has 0 amide bonds. The molecule has 0 spiro atoms. The molecular formula is C4H6F2N4S. The topological polar surface area (TPSA) is 67.6 Å². The van der Waals surface area contributed by atoms with Crippen molar-refractivity contribution in [3.63, 3.8) is 0 Å². The van der Waals surface area contributed by atoms with Crippen LogP contribution >= 0.6 is 11.8 Å². The molecule has 0 aliphatic carbocycles. The summed E-state index contributed by atoms with van der Waals surface area (Å²) >= 11 is 0.866. The average Bonchev–Trinajstić information content (AvgIpc) is 2.31. The maximum absolute atomic E-state index is 11.6. The minimum atomic E-state index is -2.35. The van der Waals surface area contributed by atoms with Crippen LogP contribution in [0, 0.1) is 0 Å². The van der Waals surface area contributed by atoms with Crippen LogP contribution in [0.3, 0.4) is 0 Å². The van der Waals surface area contributed by atoms with E-state index in [1.165, 1.54) is 0 Å². The van der Waals surface area contributed by atoms with Crippen LogP contribution in [-0.2, 0) is 0 Å². The van der Waals surface area contributed by atoms with Crippen LogP contribution in [0.2, 0.25) is 0 Å². The number of hydrogen-bond acceptors (Lipinski definition) is 4. The van der Waals surface area contributed by atoms with Crippen LogP contribution in [0.25, 0.3) is 0 Å². The van der Waals surface area contributed by atoms with Crippen molar-refractivity contribution in [3.05, 3.63) is 0 Å². The summed E-state index contributed by atoms with van der Waals surface area (Å²) in [5, 5.41) is 6.15. The number of H-pyrrole nitrogens is 1. The number of aromatic amines is 1. The summed E-state index contributed by atoms with van der Waals surface area (Å²) < 4.78 is 23.2. The number of alkyl halides is 2. The molecule has 0 fully saturated rings. The average molecular weight is 180 g/mol. The molecular weight excluding hydrogens is 174 g/mol. The lowest BCUT2D eigenvalue weighted by Crippen LogP contribution is -1.93. The van der Waals surface area contributed by atoms with Gasteiger partial charge in [-0.05, 0) is 0 Å². The van der Waals surface area contributed by atoms with Gasteiger partial charge in [0.15, 0.2) is 0 Å². The minimum absolute atomic E-state index is 0.141. The van der Waals surface area contributed by atoms with E-state index in [1.54, 1.807) is 0 Å². The van der Waals surface area contributed by atoms with Crippen molar-refractivity contribution in [1.29, 1.82) is 0 Å². The summed E-state index contributed by atoms with van der Waals surface area (Å²) in [7, 11) is 0. The van der Waals surface area contributed by atoms with E-state index in [2.05, 4.69) is 15.2 Å². The normalized spacial score (nSPS) is 10.8. The van der Waals surface area contributed by atoms with Crippen molar-refractivity contribution < 1.29 is 8.78 Å². The highest BCUT2D eigenvalue weighted by Crippen LogP contribution is 2.15. The van der Waals surface area contributed by atoms with Gasteiger partial charge in [-0.1, -0.05) is 11.8 Å². The Kier molecular flexibility index (Phi) is 2.64. The number of halogens is 2. The number of hydrogen-bond donors (Lipinski definition) is 2. The second-order valence-electron chi connectivity index (χ2n) is 1.71. The number of thioether (sulfide) groups is 1. The van der Waals surface area contributed by atoms with Crippen molar-refractivity contribution in [1.82, 2.24) is 15.2 Å². The summed E-state index contributed by atoms with van der Waals surface area (Å²) in [5.74, 6) is -0.168. The summed E-state index contributed by atoms with van der Waals surface area (Å²) in [6.45, 7) is 0. The maximum Gasteiger partial charge on any atom is 0.248 e. The van der Waals surface area contributed by atoms with Crippen LogP contribution < -0.4 is 5.73 Å². The van der Waals surface area contributed by atoms with Crippen molar-refractivity contribution >= 4 is 17.7 Å². The first-order chi connectivity index (χ1) is 5.18. The second kappa shape index (κ2) is 3.51. The molecule has 0 saturated heterocycles. The molecule has 11 heavy (non-hydrogen) atoms. The van der Waals surface area contributed by atoms with Gasteiger partial charge < -0.3 is 5.73 Å². The molecule has 7 heteroatoms. The highest BCUT2D eigenvalue weighted by Gasteiger charge is 2.06. The van der Waals surface area contributed by atoms with Gasteiger partial charge in [-0.3, -0.25) is 0 Å². The van der Waals surface area contributed by atoms with Crippen molar-refractivity contribution in [2.75, 3.05) is 11.5 Å². The Balaban J connectivity index is 2.39. The van der Waals surface area contributed by atoms with Crippen molar-refractivity contribution in [3.8, 4) is 0 Å². The molecule has 3 N–H and O–H groups in total. The highest BCUT2D eigenvalue weighted by atomic mass is 32.2. The Labute approximate surface area is 65.6 Å². The van der Waals surface area contributed by atoms with Gasteiger partial charge in [0.1, 0.15) is 0 Å². The third kappa shape index (κ3) is 2.71. The summed E-state index contributed by atoms with van der Waals surface area (Å²) in [6, 6.07) is 0. The lowest BCUT2D eigenvalue weighted by atomic mass is 10.9. The van der Waals surface area contributed by atoms with Gasteiger partial charge in [0.05, 0.1) is 5.75 Å². The van der Waals surface area contributed by atoms with Gasteiger partial charge >= 0.3 is 0 Å². The van der Waals surface area contributed by atoms with Gasteiger partial charge in [-0.2, -0.15) is 4.98 Å². The number of rotatable bonds is 3. The maximum atomic E-state index is 11.6. The molecule has 0 bridgehead atoms. The lowest BCUT2D eigenvalue weighted by Gasteiger charge is -1.92. The highest BCUT2D eigenvalue weighted by molar-refractivity contribution is 7.99. The van der Waals surface area contributed by atoms with E-state index in [4.69, 9.17) is 5.73 Å². The Morgan fingerprint density at radius 1 is 1.64 bits per heavy atom. The molecule has 1 rings (SSSR count). The smallest absolute Gasteiger partial charge is 0.248 e. The van der Waals surface area contributed by atoms with Crippen molar-refractivity contribution in [2.45, 2.75) is 11.6 Å². The predicted molar refractivity (Wildman–Crippen MR) is 37.5 cm³/mol. The molecule has 1 heterocycles. The van der Waals surface area contributed by atoms with Gasteiger partial charge in [0.2, 0.25) is 17.5 Å². The van der Waals surface area contributed by atoms with Crippen LogP contribution in [0.1, 0.15) is 0 Å². The zero-order chi connectivity index (χ0) is 8.27. The molecule has 0 saturated carbocycles. The van der Waals surface area contributed by atoms with Crippen molar-refractivity contribution in [2.24, 2.45) is 0 Å². The molecule has 0 aliphatic heterocycles. The summed E-state index contributed by atoms with van der Waals surface area (Å²) in [5.41, 5.74) is 5.15. The zero-order valence-corrected chi connectivity index (χ0v) is 6.24. The van der Waals surface area contributed by atoms with Gasteiger partial charge in [0.25, 0.3) is 0 Å². The van der Waals surface area contributed by atoms with E-state index in [1.807, 2.05) is 0 Å². The fraction of sp³-hybridized carbons (Fsp3) is 0.500. The third-order valence-electron chi connectivity index (χ3n) is 0.821. The number of nitrogens with zero attached hydrogens (tertiary/aromatic N) is 2. The first-order valence-corrected chi connectivity index (χ1v) is 3.76. The Hall–Kier alpha value is -0.850. The van der Waals surface area contributed by atoms with Crippen LogP contribution in [-0.4, -0.2) is 27.4 Å². The fourth-order valence-electron chi connectivity index (χ4n) is 0.460. The first kappa shape index (κ1) is 8.25. The van der Waals surface area contributed by atoms with E-state index in [-0.39, 0.29) is 16.9 Å². The van der Waals surface area contributed by atoms with Gasteiger partial charge in [-0.25, -0.2) is 13.9 Å². The molecule has 4 nitrogen and oxygen atoms in total. The molecule has 62 valence electrons. The largest absolute Gasteiger partial charge is 0.368 e.